The lowest BCUT2D eigenvalue weighted by atomic mass is 9.79. The number of alkyl halides is 2. The monoisotopic (exact) mass is 443 g/mol. The first kappa shape index (κ1) is 20.6. The molecule has 1 aromatic carbocycles. The Labute approximate surface area is 182 Å². The lowest BCUT2D eigenvalue weighted by Gasteiger charge is -2.34. The zero-order valence-electron chi connectivity index (χ0n) is 17.3. The molecule has 0 spiro atoms. The molecule has 32 heavy (non-hydrogen) atoms. The number of aromatic nitrogens is 3. The van der Waals surface area contributed by atoms with E-state index in [1.54, 1.807) is 0 Å². The molecule has 2 saturated carbocycles. The van der Waals surface area contributed by atoms with E-state index in [0.717, 1.165) is 35.0 Å². The molecule has 0 atom stereocenters. The Kier molecular flexibility index (Phi) is 5.15. The molecule has 2 aliphatic rings. The van der Waals surface area contributed by atoms with E-state index < -0.39 is 5.92 Å². The predicted molar refractivity (Wildman–Crippen MR) is 110 cm³/mol. The number of carbonyl (C=O) groups is 2. The summed E-state index contributed by atoms with van der Waals surface area (Å²) >= 11 is 0. The molecule has 0 aliphatic heterocycles. The van der Waals surface area contributed by atoms with E-state index in [1.165, 1.54) is 6.26 Å². The van der Waals surface area contributed by atoms with Gasteiger partial charge in [0.25, 0.3) is 5.91 Å². The highest BCUT2D eigenvalue weighted by molar-refractivity contribution is 5.93. The van der Waals surface area contributed by atoms with Crippen molar-refractivity contribution in [2.24, 2.45) is 5.92 Å². The Morgan fingerprint density at radius 3 is 2.75 bits per heavy atom. The highest BCUT2D eigenvalue weighted by Gasteiger charge is 2.45. The Morgan fingerprint density at radius 2 is 2.00 bits per heavy atom. The van der Waals surface area contributed by atoms with Crippen LogP contribution in [0.25, 0.3) is 11.0 Å². The number of rotatable bonds is 8. The van der Waals surface area contributed by atoms with Gasteiger partial charge in [0.1, 0.15) is 12.1 Å². The highest BCUT2D eigenvalue weighted by atomic mass is 19.3. The summed E-state index contributed by atoms with van der Waals surface area (Å²) < 4.78 is 30.7. The number of H-pyrrole nitrogens is 1. The maximum absolute atomic E-state index is 12.9. The van der Waals surface area contributed by atoms with Crippen LogP contribution in [0.3, 0.4) is 0 Å². The molecule has 168 valence electrons. The van der Waals surface area contributed by atoms with Gasteiger partial charge in [-0.3, -0.25) is 9.59 Å². The number of hydrogen-bond donors (Lipinski definition) is 3. The van der Waals surface area contributed by atoms with E-state index in [-0.39, 0.29) is 43.5 Å². The topological polar surface area (TPSA) is 113 Å². The lowest BCUT2D eigenvalue weighted by molar-refractivity contribution is -0.133. The van der Waals surface area contributed by atoms with Gasteiger partial charge in [-0.25, -0.2) is 13.8 Å². The van der Waals surface area contributed by atoms with Crippen LogP contribution in [0.1, 0.15) is 65.5 Å². The van der Waals surface area contributed by atoms with Crippen LogP contribution in [0.15, 0.2) is 29.0 Å². The molecule has 2 aliphatic carbocycles. The van der Waals surface area contributed by atoms with Gasteiger partial charge in [0.05, 0.1) is 17.6 Å². The third kappa shape index (κ3) is 4.49. The third-order valence-electron chi connectivity index (χ3n) is 5.98. The minimum absolute atomic E-state index is 0.125. The molecule has 3 aromatic rings. The molecule has 8 nitrogen and oxygen atoms in total. The molecule has 5 rings (SSSR count). The number of hydrogen-bond acceptors (Lipinski definition) is 5. The van der Waals surface area contributed by atoms with Crippen LogP contribution in [0, 0.1) is 5.92 Å². The number of fused-ring (bicyclic) bond motifs is 1. The van der Waals surface area contributed by atoms with Crippen LogP contribution >= 0.6 is 0 Å². The van der Waals surface area contributed by atoms with E-state index in [1.807, 2.05) is 18.2 Å². The number of nitrogens with zero attached hydrogens (tertiary/aromatic N) is 2. The quantitative estimate of drug-likeness (QED) is 0.494. The second-order valence-electron chi connectivity index (χ2n) is 8.72. The summed E-state index contributed by atoms with van der Waals surface area (Å²) in [6.45, 7) is 0.516. The van der Waals surface area contributed by atoms with Crippen LogP contribution in [0.4, 0.5) is 8.78 Å². The first-order valence-corrected chi connectivity index (χ1v) is 10.7. The van der Waals surface area contributed by atoms with E-state index >= 15 is 0 Å². The van der Waals surface area contributed by atoms with Crippen molar-refractivity contribution in [3.8, 4) is 0 Å². The summed E-state index contributed by atoms with van der Waals surface area (Å²) in [5.74, 6) is -2.41. The number of benzene rings is 1. The maximum Gasteiger partial charge on any atom is 0.274 e. The molecule has 3 N–H and O–H groups in total. The molecular formula is C22H23F2N5O3. The maximum atomic E-state index is 12.9. The van der Waals surface area contributed by atoms with Crippen molar-refractivity contribution in [3.05, 3.63) is 47.1 Å². The lowest BCUT2D eigenvalue weighted by Crippen LogP contribution is -2.38. The minimum atomic E-state index is -2.61. The third-order valence-corrected chi connectivity index (χ3v) is 5.98. The van der Waals surface area contributed by atoms with Crippen LogP contribution in [-0.4, -0.2) is 32.9 Å². The molecule has 2 aromatic heterocycles. The fourth-order valence-corrected chi connectivity index (χ4v) is 4.12. The fourth-order valence-electron chi connectivity index (χ4n) is 4.12. The number of imidazole rings is 1. The number of nitrogens with one attached hydrogen (secondary N) is 3. The van der Waals surface area contributed by atoms with Crippen molar-refractivity contribution in [2.75, 3.05) is 0 Å². The largest absolute Gasteiger partial charge is 0.364 e. The number of aromatic amines is 1. The normalized spacial score (nSPS) is 17.8. The van der Waals surface area contributed by atoms with Gasteiger partial charge in [-0.05, 0) is 42.4 Å². The predicted octanol–water partition coefficient (Wildman–Crippen LogP) is 3.41. The van der Waals surface area contributed by atoms with E-state index in [0.29, 0.717) is 24.0 Å². The number of carbonyl (C=O) groups excluding carboxylic acids is 2. The summed E-state index contributed by atoms with van der Waals surface area (Å²) in [7, 11) is 0. The molecule has 2 fully saturated rings. The van der Waals surface area contributed by atoms with Gasteiger partial charge in [-0.2, -0.15) is 0 Å². The smallest absolute Gasteiger partial charge is 0.274 e. The molecule has 2 amide bonds. The molecule has 0 radical (unpaired) electrons. The minimum Gasteiger partial charge on any atom is -0.364 e. The van der Waals surface area contributed by atoms with Crippen molar-refractivity contribution in [1.82, 2.24) is 25.8 Å². The Hall–Kier alpha value is -3.30. The van der Waals surface area contributed by atoms with Gasteiger partial charge >= 0.3 is 0 Å². The van der Waals surface area contributed by atoms with Crippen molar-refractivity contribution < 1.29 is 22.9 Å². The molecule has 2 heterocycles. The van der Waals surface area contributed by atoms with Gasteiger partial charge < -0.3 is 20.1 Å². The van der Waals surface area contributed by atoms with Gasteiger partial charge in [0, 0.05) is 31.4 Å². The molecule has 0 unspecified atom stereocenters. The van der Waals surface area contributed by atoms with Crippen molar-refractivity contribution in [3.63, 3.8) is 0 Å². The molecule has 0 saturated heterocycles. The van der Waals surface area contributed by atoms with Gasteiger partial charge in [-0.1, -0.05) is 11.2 Å². The highest BCUT2D eigenvalue weighted by Crippen LogP contribution is 2.44. The average Bonchev–Trinajstić information content (AvgIpc) is 3.31. The van der Waals surface area contributed by atoms with Crippen molar-refractivity contribution in [2.45, 2.75) is 57.0 Å². The Bertz CT molecular complexity index is 1160. The zero-order valence-corrected chi connectivity index (χ0v) is 17.3. The van der Waals surface area contributed by atoms with Crippen molar-refractivity contribution in [1.29, 1.82) is 0 Å². The summed E-state index contributed by atoms with van der Waals surface area (Å²) in [4.78, 5) is 32.1. The standard InChI is InChI=1S/C22H23F2N5O3/c23-22(24)7-13(8-22)6-19(30)25-9-12-1-4-16-17(5-12)28-18(27-16)10-26-21(31)20-15(11-32-29-20)14-2-3-14/h1,4-5,11,13-14H,2-3,6-10H2,(H,25,30)(H,26,31)(H,27,28). The second-order valence-corrected chi connectivity index (χ2v) is 8.72. The van der Waals surface area contributed by atoms with Gasteiger partial charge in [-0.15, -0.1) is 0 Å². The van der Waals surface area contributed by atoms with Gasteiger partial charge in [0.2, 0.25) is 11.8 Å². The van der Waals surface area contributed by atoms with Gasteiger partial charge in [0.15, 0.2) is 5.69 Å². The van der Waals surface area contributed by atoms with E-state index in [4.69, 9.17) is 4.52 Å². The first-order chi connectivity index (χ1) is 15.4. The molecule has 0 bridgehead atoms. The molecule has 10 heteroatoms. The van der Waals surface area contributed by atoms with Crippen molar-refractivity contribution >= 4 is 22.8 Å². The SMILES string of the molecule is O=C(CC1CC(F)(F)C1)NCc1ccc2nc(CNC(=O)c3nocc3C3CC3)[nH]c2c1. The summed E-state index contributed by atoms with van der Waals surface area (Å²) in [5.41, 5.74) is 3.55. The fraction of sp³-hybridized carbons (Fsp3) is 0.455. The average molecular weight is 443 g/mol. The molecular weight excluding hydrogens is 420 g/mol. The zero-order chi connectivity index (χ0) is 22.3. The van der Waals surface area contributed by atoms with E-state index in [9.17, 15) is 18.4 Å². The van der Waals surface area contributed by atoms with Crippen LogP contribution in [0.2, 0.25) is 0 Å². The van der Waals surface area contributed by atoms with Crippen LogP contribution in [0.5, 0.6) is 0 Å². The van der Waals surface area contributed by atoms with Crippen LogP contribution in [-0.2, 0) is 17.9 Å². The summed E-state index contributed by atoms with van der Waals surface area (Å²) in [6, 6.07) is 5.54. The summed E-state index contributed by atoms with van der Waals surface area (Å²) in [5, 5.41) is 9.41. The number of halogens is 2. The van der Waals surface area contributed by atoms with Crippen LogP contribution < -0.4 is 10.6 Å². The Balaban J connectivity index is 1.15. The first-order valence-electron chi connectivity index (χ1n) is 10.7. The summed E-state index contributed by atoms with van der Waals surface area (Å²) in [6.07, 6.45) is 3.33. The second kappa shape index (κ2) is 7.99. The Morgan fingerprint density at radius 1 is 1.19 bits per heavy atom. The van der Waals surface area contributed by atoms with E-state index in [2.05, 4.69) is 25.8 Å². The number of amides is 2.